The number of hydrogen-bond acceptors (Lipinski definition) is 4. The van der Waals surface area contributed by atoms with Gasteiger partial charge in [0, 0.05) is 19.5 Å². The van der Waals surface area contributed by atoms with Crippen LogP contribution in [0.4, 0.5) is 5.82 Å². The van der Waals surface area contributed by atoms with Crippen LogP contribution < -0.4 is 5.73 Å². The van der Waals surface area contributed by atoms with Crippen LogP contribution in [0.5, 0.6) is 0 Å². The zero-order valence-corrected chi connectivity index (χ0v) is 8.19. The van der Waals surface area contributed by atoms with Gasteiger partial charge in [0.2, 0.25) is 0 Å². The highest BCUT2D eigenvalue weighted by Crippen LogP contribution is 2.17. The summed E-state index contributed by atoms with van der Waals surface area (Å²) in [5.74, 6) is 1.34. The lowest BCUT2D eigenvalue weighted by Gasteiger charge is -2.00. The molecule has 0 amide bonds. The van der Waals surface area contributed by atoms with Crippen molar-refractivity contribution in [1.29, 1.82) is 0 Å². The van der Waals surface area contributed by atoms with E-state index in [9.17, 15) is 0 Å². The average Bonchev–Trinajstić information content (AvgIpc) is 2.46. The van der Waals surface area contributed by atoms with E-state index in [0.717, 1.165) is 17.0 Å². The number of fused-ring (bicyclic) bond motifs is 1. The summed E-state index contributed by atoms with van der Waals surface area (Å²) in [5.41, 5.74) is 7.49. The SMILES string of the molecule is COCc1nc(C)c2c(N)nccn12. The van der Waals surface area contributed by atoms with Crippen molar-refractivity contribution in [1.82, 2.24) is 14.4 Å². The zero-order chi connectivity index (χ0) is 10.1. The van der Waals surface area contributed by atoms with Gasteiger partial charge in [-0.3, -0.25) is 4.40 Å². The Labute approximate surface area is 81.5 Å². The first-order valence-corrected chi connectivity index (χ1v) is 4.31. The number of aryl methyl sites for hydroxylation is 1. The van der Waals surface area contributed by atoms with Crippen LogP contribution in [0.15, 0.2) is 12.4 Å². The molecule has 5 nitrogen and oxygen atoms in total. The first-order chi connectivity index (χ1) is 6.74. The number of ether oxygens (including phenoxy) is 1. The van der Waals surface area contributed by atoms with Crippen LogP contribution in [0.3, 0.4) is 0 Å². The standard InChI is InChI=1S/C9H12N4O/c1-6-8-9(10)11-3-4-13(8)7(12-6)5-14-2/h3-4H,5H2,1-2H3,(H2,10,11). The topological polar surface area (TPSA) is 65.4 Å². The molecule has 0 fully saturated rings. The Kier molecular flexibility index (Phi) is 2.09. The summed E-state index contributed by atoms with van der Waals surface area (Å²) < 4.78 is 6.95. The van der Waals surface area contributed by atoms with Crippen molar-refractivity contribution in [2.75, 3.05) is 12.8 Å². The van der Waals surface area contributed by atoms with Crippen molar-refractivity contribution in [2.45, 2.75) is 13.5 Å². The Hall–Kier alpha value is -1.62. The number of methoxy groups -OCH3 is 1. The molecule has 2 aromatic rings. The van der Waals surface area contributed by atoms with Gasteiger partial charge in [-0.25, -0.2) is 9.97 Å². The third-order valence-corrected chi connectivity index (χ3v) is 2.10. The molecule has 5 heteroatoms. The molecule has 2 N–H and O–H groups in total. The van der Waals surface area contributed by atoms with Gasteiger partial charge >= 0.3 is 0 Å². The highest BCUT2D eigenvalue weighted by Gasteiger charge is 2.09. The highest BCUT2D eigenvalue weighted by molar-refractivity contribution is 5.68. The van der Waals surface area contributed by atoms with Crippen LogP contribution in [0.2, 0.25) is 0 Å². The Morgan fingerprint density at radius 1 is 1.57 bits per heavy atom. The smallest absolute Gasteiger partial charge is 0.149 e. The maximum Gasteiger partial charge on any atom is 0.149 e. The first-order valence-electron chi connectivity index (χ1n) is 4.31. The van der Waals surface area contributed by atoms with Gasteiger partial charge in [0.05, 0.1) is 5.69 Å². The average molecular weight is 192 g/mol. The van der Waals surface area contributed by atoms with E-state index < -0.39 is 0 Å². The summed E-state index contributed by atoms with van der Waals surface area (Å²) in [6, 6.07) is 0. The second kappa shape index (κ2) is 3.26. The molecule has 0 saturated heterocycles. The Bertz CT molecular complexity index is 463. The second-order valence-electron chi connectivity index (χ2n) is 3.08. The lowest BCUT2D eigenvalue weighted by molar-refractivity contribution is 0.177. The lowest BCUT2D eigenvalue weighted by atomic mass is 10.4. The second-order valence-corrected chi connectivity index (χ2v) is 3.08. The maximum atomic E-state index is 5.75. The molecule has 0 saturated carbocycles. The van der Waals surface area contributed by atoms with E-state index in [1.807, 2.05) is 17.5 Å². The van der Waals surface area contributed by atoms with E-state index >= 15 is 0 Å². The number of nitrogens with two attached hydrogens (primary N) is 1. The third-order valence-electron chi connectivity index (χ3n) is 2.10. The molecule has 0 aromatic carbocycles. The van der Waals surface area contributed by atoms with Crippen LogP contribution >= 0.6 is 0 Å². The minimum absolute atomic E-state index is 0.471. The van der Waals surface area contributed by atoms with Gasteiger partial charge in [-0.2, -0.15) is 0 Å². The van der Waals surface area contributed by atoms with Gasteiger partial charge in [0.15, 0.2) is 0 Å². The molecule has 0 atom stereocenters. The summed E-state index contributed by atoms with van der Waals surface area (Å²) in [6.45, 7) is 2.38. The van der Waals surface area contributed by atoms with E-state index in [2.05, 4.69) is 9.97 Å². The minimum atomic E-state index is 0.471. The highest BCUT2D eigenvalue weighted by atomic mass is 16.5. The van der Waals surface area contributed by atoms with Crippen LogP contribution in [0.1, 0.15) is 11.5 Å². The molecule has 0 bridgehead atoms. The van der Waals surface area contributed by atoms with Crippen molar-refractivity contribution in [3.8, 4) is 0 Å². The normalized spacial score (nSPS) is 11.0. The fourth-order valence-electron chi connectivity index (χ4n) is 1.55. The van der Waals surface area contributed by atoms with Crippen molar-refractivity contribution in [3.63, 3.8) is 0 Å². The van der Waals surface area contributed by atoms with Crippen molar-refractivity contribution < 1.29 is 4.74 Å². The Morgan fingerprint density at radius 2 is 2.36 bits per heavy atom. The Morgan fingerprint density at radius 3 is 3.07 bits per heavy atom. The third kappa shape index (κ3) is 1.22. The van der Waals surface area contributed by atoms with E-state index in [1.165, 1.54) is 0 Å². The zero-order valence-electron chi connectivity index (χ0n) is 8.19. The van der Waals surface area contributed by atoms with Gasteiger partial charge in [-0.05, 0) is 6.92 Å². The number of nitrogens with zero attached hydrogens (tertiary/aromatic N) is 3. The molecule has 2 aromatic heterocycles. The maximum absolute atomic E-state index is 5.75. The van der Waals surface area contributed by atoms with Crippen LogP contribution in [0.25, 0.3) is 5.52 Å². The quantitative estimate of drug-likeness (QED) is 0.763. The summed E-state index contributed by atoms with van der Waals surface area (Å²) in [5, 5.41) is 0. The van der Waals surface area contributed by atoms with Crippen LogP contribution in [-0.4, -0.2) is 21.5 Å². The summed E-state index contributed by atoms with van der Waals surface area (Å²) >= 11 is 0. The minimum Gasteiger partial charge on any atom is -0.382 e. The molecule has 0 unspecified atom stereocenters. The molecule has 2 rings (SSSR count). The molecule has 14 heavy (non-hydrogen) atoms. The molecular weight excluding hydrogens is 180 g/mol. The summed E-state index contributed by atoms with van der Waals surface area (Å²) in [4.78, 5) is 8.38. The lowest BCUT2D eigenvalue weighted by Crippen LogP contribution is -1.99. The predicted molar refractivity (Wildman–Crippen MR) is 52.8 cm³/mol. The monoisotopic (exact) mass is 192 g/mol. The van der Waals surface area contributed by atoms with Crippen molar-refractivity contribution in [2.24, 2.45) is 0 Å². The molecule has 74 valence electrons. The summed E-state index contributed by atoms with van der Waals surface area (Å²) in [6.07, 6.45) is 3.49. The molecule has 2 heterocycles. The van der Waals surface area contributed by atoms with Gasteiger partial charge < -0.3 is 10.5 Å². The van der Waals surface area contributed by atoms with E-state index in [1.54, 1.807) is 13.3 Å². The number of hydrogen-bond donors (Lipinski definition) is 1. The molecule has 0 aliphatic carbocycles. The fraction of sp³-hybridized carbons (Fsp3) is 0.333. The number of nitrogen functional groups attached to an aromatic ring is 1. The van der Waals surface area contributed by atoms with E-state index in [4.69, 9.17) is 10.5 Å². The van der Waals surface area contributed by atoms with Crippen LogP contribution in [0, 0.1) is 6.92 Å². The van der Waals surface area contributed by atoms with Crippen LogP contribution in [-0.2, 0) is 11.3 Å². The molecule has 0 radical (unpaired) electrons. The molecule has 0 aliphatic rings. The van der Waals surface area contributed by atoms with Crippen molar-refractivity contribution in [3.05, 3.63) is 23.9 Å². The van der Waals surface area contributed by atoms with Gasteiger partial charge in [0.25, 0.3) is 0 Å². The number of aromatic nitrogens is 3. The molecule has 0 spiro atoms. The number of rotatable bonds is 2. The number of anilines is 1. The Balaban J connectivity index is 2.71. The van der Waals surface area contributed by atoms with E-state index in [0.29, 0.717) is 12.4 Å². The summed E-state index contributed by atoms with van der Waals surface area (Å²) in [7, 11) is 1.64. The van der Waals surface area contributed by atoms with Gasteiger partial charge in [-0.1, -0.05) is 0 Å². The number of imidazole rings is 1. The van der Waals surface area contributed by atoms with Crippen molar-refractivity contribution >= 4 is 11.3 Å². The van der Waals surface area contributed by atoms with Gasteiger partial charge in [-0.15, -0.1) is 0 Å². The fourth-order valence-corrected chi connectivity index (χ4v) is 1.55. The largest absolute Gasteiger partial charge is 0.382 e. The molecular formula is C9H12N4O. The predicted octanol–water partition coefficient (Wildman–Crippen LogP) is 0.766. The van der Waals surface area contributed by atoms with E-state index in [-0.39, 0.29) is 0 Å². The molecule has 0 aliphatic heterocycles. The first kappa shape index (κ1) is 8.96. The van der Waals surface area contributed by atoms with Gasteiger partial charge in [0.1, 0.15) is 23.8 Å².